The average Bonchev–Trinajstić information content (AvgIpc) is 2.30. The number of nitrogens with two attached hydrogens (primary N) is 1. The van der Waals surface area contributed by atoms with Crippen molar-refractivity contribution in [3.63, 3.8) is 0 Å². The lowest BCUT2D eigenvalue weighted by molar-refractivity contribution is 0.408. The van der Waals surface area contributed by atoms with Gasteiger partial charge in [0.1, 0.15) is 0 Å². The number of hydrogen-bond donors (Lipinski definition) is 1. The molecular weight excluding hydrogens is 218 g/mol. The van der Waals surface area contributed by atoms with E-state index in [1.54, 1.807) is 0 Å². The van der Waals surface area contributed by atoms with Gasteiger partial charge < -0.3 is 4.90 Å². The molecule has 0 aliphatic carbocycles. The van der Waals surface area contributed by atoms with Crippen molar-refractivity contribution in [2.75, 3.05) is 26.7 Å². The van der Waals surface area contributed by atoms with Gasteiger partial charge in [0, 0.05) is 26.7 Å². The fourth-order valence-corrected chi connectivity index (χ4v) is 1.88. The topological polar surface area (TPSA) is 32.5 Å². The second-order valence-corrected chi connectivity index (χ2v) is 4.61. The highest BCUT2D eigenvalue weighted by Crippen LogP contribution is 2.08. The van der Waals surface area contributed by atoms with Gasteiger partial charge in [0.2, 0.25) is 0 Å². The molecule has 0 aliphatic rings. The minimum absolute atomic E-state index is 0.320. The lowest BCUT2D eigenvalue weighted by atomic mass is 10.3. The summed E-state index contributed by atoms with van der Waals surface area (Å²) in [5.41, 5.74) is 0. The normalized spacial score (nSPS) is 11.5. The molecule has 0 bridgehead atoms. The Labute approximate surface area is 104 Å². The highest BCUT2D eigenvalue weighted by molar-refractivity contribution is 8.10. The van der Waals surface area contributed by atoms with Crippen molar-refractivity contribution in [2.45, 2.75) is 19.8 Å². The fourth-order valence-electron chi connectivity index (χ4n) is 1.18. The quantitative estimate of drug-likeness (QED) is 0.405. The highest BCUT2D eigenvalue weighted by atomic mass is 32.2. The van der Waals surface area contributed by atoms with Crippen molar-refractivity contribution >= 4 is 16.7 Å². The monoisotopic (exact) mass is 245 g/mol. The molecular formula is C12H27N3S. The van der Waals surface area contributed by atoms with Crippen LogP contribution >= 0.6 is 10.9 Å². The van der Waals surface area contributed by atoms with Gasteiger partial charge in [0.05, 0.1) is 0 Å². The van der Waals surface area contributed by atoms with Crippen molar-refractivity contribution in [1.29, 1.82) is 0 Å². The zero-order valence-corrected chi connectivity index (χ0v) is 11.6. The standard InChI is InChI=1S/C10H23N3S.C2H4/c1-5-12(3)9-7-8-10-13(6-2)14(4)11;1-2/h5H,1,4,6-11H2,2-3H3;1-2H2. The summed E-state index contributed by atoms with van der Waals surface area (Å²) in [4.78, 5) is 2.10. The molecule has 0 saturated heterocycles. The van der Waals surface area contributed by atoms with E-state index >= 15 is 0 Å². The van der Waals surface area contributed by atoms with E-state index in [1.807, 2.05) is 13.2 Å². The van der Waals surface area contributed by atoms with Gasteiger partial charge in [-0.2, -0.15) is 0 Å². The van der Waals surface area contributed by atoms with Gasteiger partial charge in [-0.25, -0.2) is 4.31 Å². The molecule has 4 heteroatoms. The van der Waals surface area contributed by atoms with Gasteiger partial charge in [-0.3, -0.25) is 5.14 Å². The molecule has 0 radical (unpaired) electrons. The van der Waals surface area contributed by atoms with Crippen LogP contribution in [0.25, 0.3) is 0 Å². The molecule has 96 valence electrons. The molecule has 0 aromatic heterocycles. The van der Waals surface area contributed by atoms with Crippen LogP contribution in [0, 0.1) is 0 Å². The van der Waals surface area contributed by atoms with E-state index in [2.05, 4.69) is 41.7 Å². The van der Waals surface area contributed by atoms with E-state index in [4.69, 9.17) is 5.14 Å². The molecule has 0 heterocycles. The maximum atomic E-state index is 5.73. The Bertz CT molecular complexity index is 195. The predicted octanol–water partition coefficient (Wildman–Crippen LogP) is 2.46. The molecule has 0 saturated carbocycles. The minimum Gasteiger partial charge on any atom is -0.381 e. The summed E-state index contributed by atoms with van der Waals surface area (Å²) in [6, 6.07) is 0. The van der Waals surface area contributed by atoms with Crippen LogP contribution in [0.3, 0.4) is 0 Å². The molecule has 0 amide bonds. The summed E-state index contributed by atoms with van der Waals surface area (Å²) in [7, 11) is 1.72. The third kappa shape index (κ3) is 9.96. The van der Waals surface area contributed by atoms with Crippen LogP contribution in [0.15, 0.2) is 25.9 Å². The van der Waals surface area contributed by atoms with Crippen LogP contribution in [-0.2, 0) is 0 Å². The first kappa shape index (κ1) is 17.8. The lowest BCUT2D eigenvalue weighted by Crippen LogP contribution is -2.22. The van der Waals surface area contributed by atoms with Crippen LogP contribution in [0.5, 0.6) is 0 Å². The first-order valence-corrected chi connectivity index (χ1v) is 6.89. The Balaban J connectivity index is 0. The van der Waals surface area contributed by atoms with Crippen LogP contribution < -0.4 is 5.14 Å². The Morgan fingerprint density at radius 3 is 2.12 bits per heavy atom. The van der Waals surface area contributed by atoms with Crippen LogP contribution in [0.1, 0.15) is 19.8 Å². The van der Waals surface area contributed by atoms with Gasteiger partial charge in [-0.1, -0.05) is 24.4 Å². The van der Waals surface area contributed by atoms with E-state index in [0.29, 0.717) is 0 Å². The second-order valence-electron chi connectivity index (χ2n) is 3.29. The first-order valence-electron chi connectivity index (χ1n) is 5.48. The number of unbranched alkanes of at least 4 members (excludes halogenated alkanes) is 1. The second kappa shape index (κ2) is 12.5. The zero-order valence-electron chi connectivity index (χ0n) is 10.8. The molecule has 0 fully saturated rings. The molecule has 0 aliphatic heterocycles. The smallest absolute Gasteiger partial charge is 0.0169 e. The zero-order chi connectivity index (χ0) is 13.0. The van der Waals surface area contributed by atoms with Crippen LogP contribution in [0.4, 0.5) is 0 Å². The minimum atomic E-state index is -0.320. The summed E-state index contributed by atoms with van der Waals surface area (Å²) < 4.78 is 2.20. The molecule has 0 spiro atoms. The number of rotatable bonds is 8. The van der Waals surface area contributed by atoms with E-state index in [1.165, 1.54) is 12.8 Å². The van der Waals surface area contributed by atoms with E-state index < -0.39 is 0 Å². The number of nitrogens with zero attached hydrogens (tertiary/aromatic N) is 2. The highest BCUT2D eigenvalue weighted by Gasteiger charge is 2.01. The summed E-state index contributed by atoms with van der Waals surface area (Å²) in [5, 5.41) is 5.73. The summed E-state index contributed by atoms with van der Waals surface area (Å²) in [6.07, 6.45) is 4.20. The van der Waals surface area contributed by atoms with Gasteiger partial charge in [0.15, 0.2) is 0 Å². The average molecular weight is 245 g/mol. The molecule has 1 unspecified atom stereocenters. The maximum absolute atomic E-state index is 5.73. The molecule has 16 heavy (non-hydrogen) atoms. The third-order valence-electron chi connectivity index (χ3n) is 2.16. The molecule has 0 rings (SSSR count). The van der Waals surface area contributed by atoms with Gasteiger partial charge in [-0.15, -0.1) is 13.2 Å². The SMILES string of the molecule is C=C.C=CN(C)CCCCN(CC)S(=C)N. The third-order valence-corrected chi connectivity index (χ3v) is 3.27. The lowest BCUT2D eigenvalue weighted by Gasteiger charge is -2.21. The predicted molar refractivity (Wildman–Crippen MR) is 79.5 cm³/mol. The van der Waals surface area contributed by atoms with Gasteiger partial charge in [0.25, 0.3) is 0 Å². The first-order chi connectivity index (χ1) is 7.61. The Kier molecular flexibility index (Phi) is 13.9. The summed E-state index contributed by atoms with van der Waals surface area (Å²) in [5.74, 6) is 3.84. The van der Waals surface area contributed by atoms with E-state index in [0.717, 1.165) is 19.6 Å². The maximum Gasteiger partial charge on any atom is 0.0169 e. The Hall–Kier alpha value is -0.580. The molecule has 2 N–H and O–H groups in total. The van der Waals surface area contributed by atoms with Crippen molar-refractivity contribution < 1.29 is 0 Å². The number of hydrogen-bond acceptors (Lipinski definition) is 3. The largest absolute Gasteiger partial charge is 0.381 e. The van der Waals surface area contributed by atoms with Gasteiger partial charge >= 0.3 is 0 Å². The van der Waals surface area contributed by atoms with Crippen LogP contribution in [0.2, 0.25) is 0 Å². The van der Waals surface area contributed by atoms with E-state index in [9.17, 15) is 0 Å². The van der Waals surface area contributed by atoms with Crippen molar-refractivity contribution in [3.8, 4) is 0 Å². The van der Waals surface area contributed by atoms with Crippen molar-refractivity contribution in [1.82, 2.24) is 9.21 Å². The Morgan fingerprint density at radius 2 is 1.75 bits per heavy atom. The Morgan fingerprint density at radius 1 is 1.25 bits per heavy atom. The molecule has 3 nitrogen and oxygen atoms in total. The van der Waals surface area contributed by atoms with E-state index in [-0.39, 0.29) is 10.9 Å². The molecule has 0 aromatic carbocycles. The van der Waals surface area contributed by atoms with Crippen molar-refractivity contribution in [2.24, 2.45) is 5.14 Å². The summed E-state index contributed by atoms with van der Waals surface area (Å²) >= 11 is 0. The molecule has 1 atom stereocenters. The van der Waals surface area contributed by atoms with Gasteiger partial charge in [-0.05, 0) is 24.9 Å². The van der Waals surface area contributed by atoms with Crippen LogP contribution in [-0.4, -0.2) is 41.8 Å². The molecule has 0 aromatic rings. The summed E-state index contributed by atoms with van der Waals surface area (Å²) in [6.45, 7) is 14.9. The fraction of sp³-hybridized carbons (Fsp3) is 0.583. The van der Waals surface area contributed by atoms with Crippen molar-refractivity contribution in [3.05, 3.63) is 25.9 Å².